The maximum atomic E-state index is 10.8. The molecule has 2 N–H and O–H groups in total. The van der Waals surface area contributed by atoms with Crippen LogP contribution in [0.1, 0.15) is 17.3 Å². The number of aliphatic hydroxyl groups excluding tert-OH is 1. The molecule has 0 aromatic carbocycles. The molecule has 5 heteroatoms. The van der Waals surface area contributed by atoms with Crippen molar-refractivity contribution in [1.82, 2.24) is 10.2 Å². The number of aromatic nitrogens is 2. The molecule has 0 aliphatic heterocycles. The van der Waals surface area contributed by atoms with Crippen molar-refractivity contribution in [2.75, 3.05) is 13.7 Å². The smallest absolute Gasteiger partial charge is 0.341 e. The van der Waals surface area contributed by atoms with Crippen molar-refractivity contribution in [1.29, 1.82) is 0 Å². The van der Waals surface area contributed by atoms with E-state index in [9.17, 15) is 4.79 Å². The number of nitrogens with zero attached hydrogens (tertiary/aromatic N) is 1. The van der Waals surface area contributed by atoms with Crippen LogP contribution in [0.4, 0.5) is 0 Å². The Morgan fingerprint density at radius 3 is 2.83 bits per heavy atom. The molecule has 1 heterocycles. The van der Waals surface area contributed by atoms with E-state index in [1.54, 1.807) is 6.92 Å². The van der Waals surface area contributed by atoms with E-state index in [-0.39, 0.29) is 5.97 Å². The second-order valence-electron chi connectivity index (χ2n) is 1.71. The Morgan fingerprint density at radius 2 is 2.42 bits per heavy atom. The van der Waals surface area contributed by atoms with Gasteiger partial charge in [-0.2, -0.15) is 5.10 Å². The Bertz CT molecular complexity index is 208. The molecule has 5 nitrogen and oxygen atoms in total. The van der Waals surface area contributed by atoms with Gasteiger partial charge in [0.15, 0.2) is 0 Å². The van der Waals surface area contributed by atoms with Crippen molar-refractivity contribution in [2.45, 2.75) is 6.92 Å². The monoisotopic (exact) mass is 172 g/mol. The van der Waals surface area contributed by atoms with Gasteiger partial charge in [-0.1, -0.05) is 0 Å². The van der Waals surface area contributed by atoms with Crippen LogP contribution in [-0.2, 0) is 4.74 Å². The Hall–Kier alpha value is -1.36. The van der Waals surface area contributed by atoms with Crippen LogP contribution in [0.5, 0.6) is 0 Å². The number of carbonyl (C=O) groups excluding carboxylic acids is 1. The molecule has 0 saturated heterocycles. The molecule has 0 radical (unpaired) electrons. The molecule has 0 unspecified atom stereocenters. The summed E-state index contributed by atoms with van der Waals surface area (Å²) in [5, 5.41) is 13.1. The van der Waals surface area contributed by atoms with Gasteiger partial charge in [0.25, 0.3) is 0 Å². The zero-order chi connectivity index (χ0) is 9.40. The van der Waals surface area contributed by atoms with Crippen LogP contribution in [0.2, 0.25) is 0 Å². The van der Waals surface area contributed by atoms with E-state index in [0.717, 1.165) is 7.11 Å². The summed E-state index contributed by atoms with van der Waals surface area (Å²) in [5.41, 5.74) is 0.460. The highest BCUT2D eigenvalue weighted by molar-refractivity contribution is 5.88. The third-order valence-corrected chi connectivity index (χ3v) is 1.01. The van der Waals surface area contributed by atoms with E-state index in [1.807, 2.05) is 0 Å². The number of H-pyrrole nitrogens is 1. The standard InChI is InChI=1S/C6H8N2O2.CH4O/c1-2-10-6(9)5-3-7-8-4-5;1-2/h3-4H,2H2,1H3,(H,7,8);2H,1H3. The first-order valence-corrected chi connectivity index (χ1v) is 3.45. The second-order valence-corrected chi connectivity index (χ2v) is 1.71. The van der Waals surface area contributed by atoms with E-state index in [1.165, 1.54) is 12.4 Å². The molecule has 1 aromatic rings. The molecule has 0 aliphatic rings. The van der Waals surface area contributed by atoms with E-state index in [2.05, 4.69) is 14.9 Å². The molecule has 0 spiro atoms. The van der Waals surface area contributed by atoms with Crippen molar-refractivity contribution >= 4 is 5.97 Å². The minimum Gasteiger partial charge on any atom is -0.462 e. The predicted octanol–water partition coefficient (Wildman–Crippen LogP) is 0.195. The number of aliphatic hydroxyl groups is 1. The quantitative estimate of drug-likeness (QED) is 0.624. The van der Waals surface area contributed by atoms with Crippen LogP contribution in [-0.4, -0.2) is 35.0 Å². The van der Waals surface area contributed by atoms with E-state index in [0.29, 0.717) is 12.2 Å². The van der Waals surface area contributed by atoms with Crippen LogP contribution in [0.3, 0.4) is 0 Å². The third-order valence-electron chi connectivity index (χ3n) is 1.01. The Labute approximate surface area is 70.4 Å². The van der Waals surface area contributed by atoms with Gasteiger partial charge in [0.2, 0.25) is 0 Å². The number of hydrogen-bond donors (Lipinski definition) is 2. The van der Waals surface area contributed by atoms with Gasteiger partial charge in [0.1, 0.15) is 0 Å². The summed E-state index contributed by atoms with van der Waals surface area (Å²) >= 11 is 0. The molecule has 0 atom stereocenters. The summed E-state index contributed by atoms with van der Waals surface area (Å²) in [7, 11) is 1.00. The van der Waals surface area contributed by atoms with E-state index in [4.69, 9.17) is 5.11 Å². The summed E-state index contributed by atoms with van der Waals surface area (Å²) < 4.78 is 4.69. The van der Waals surface area contributed by atoms with Crippen molar-refractivity contribution < 1.29 is 14.6 Å². The number of nitrogens with one attached hydrogen (secondary N) is 1. The van der Waals surface area contributed by atoms with Gasteiger partial charge < -0.3 is 9.84 Å². The van der Waals surface area contributed by atoms with Gasteiger partial charge in [-0.05, 0) is 6.92 Å². The van der Waals surface area contributed by atoms with Gasteiger partial charge in [-0.15, -0.1) is 0 Å². The Morgan fingerprint density at radius 1 is 1.75 bits per heavy atom. The van der Waals surface area contributed by atoms with E-state index < -0.39 is 0 Å². The molecule has 0 aliphatic carbocycles. The molecule has 0 saturated carbocycles. The SMILES string of the molecule is CCOC(=O)c1cn[nH]c1.CO. The number of aromatic amines is 1. The Kier molecular flexibility index (Phi) is 5.64. The lowest BCUT2D eigenvalue weighted by molar-refractivity contribution is 0.0526. The fraction of sp³-hybridized carbons (Fsp3) is 0.429. The number of hydrogen-bond acceptors (Lipinski definition) is 4. The predicted molar refractivity (Wildman–Crippen MR) is 42.7 cm³/mol. The minimum absolute atomic E-state index is 0.337. The summed E-state index contributed by atoms with van der Waals surface area (Å²) in [6, 6.07) is 0. The third kappa shape index (κ3) is 3.16. The van der Waals surface area contributed by atoms with Crippen LogP contribution < -0.4 is 0 Å². The summed E-state index contributed by atoms with van der Waals surface area (Å²) in [4.78, 5) is 10.8. The first kappa shape index (κ1) is 10.6. The number of esters is 1. The zero-order valence-electron chi connectivity index (χ0n) is 7.07. The highest BCUT2D eigenvalue weighted by Gasteiger charge is 2.04. The maximum Gasteiger partial charge on any atom is 0.341 e. The van der Waals surface area contributed by atoms with Gasteiger partial charge in [-0.25, -0.2) is 4.79 Å². The molecular formula is C7H12N2O3. The van der Waals surface area contributed by atoms with Crippen LogP contribution >= 0.6 is 0 Å². The van der Waals surface area contributed by atoms with Gasteiger partial charge in [0, 0.05) is 13.3 Å². The number of rotatable bonds is 2. The van der Waals surface area contributed by atoms with Gasteiger partial charge in [-0.3, -0.25) is 5.10 Å². The fourth-order valence-electron chi connectivity index (χ4n) is 0.577. The summed E-state index contributed by atoms with van der Waals surface area (Å²) in [6.45, 7) is 2.15. The zero-order valence-corrected chi connectivity index (χ0v) is 7.07. The first-order valence-electron chi connectivity index (χ1n) is 3.45. The summed E-state index contributed by atoms with van der Waals surface area (Å²) in [6.07, 6.45) is 2.93. The van der Waals surface area contributed by atoms with Gasteiger partial charge in [0.05, 0.1) is 18.4 Å². The molecule has 1 rings (SSSR count). The largest absolute Gasteiger partial charge is 0.462 e. The van der Waals surface area contributed by atoms with E-state index >= 15 is 0 Å². The first-order chi connectivity index (χ1) is 5.84. The molecule has 68 valence electrons. The maximum absolute atomic E-state index is 10.8. The molecule has 0 bridgehead atoms. The summed E-state index contributed by atoms with van der Waals surface area (Å²) in [5.74, 6) is -0.337. The molecule has 12 heavy (non-hydrogen) atoms. The fourth-order valence-corrected chi connectivity index (χ4v) is 0.577. The van der Waals surface area contributed by atoms with Crippen LogP contribution in [0, 0.1) is 0 Å². The lowest BCUT2D eigenvalue weighted by Gasteiger charge is -1.95. The Balaban J connectivity index is 0.000000561. The average molecular weight is 172 g/mol. The topological polar surface area (TPSA) is 75.2 Å². The van der Waals surface area contributed by atoms with Crippen molar-refractivity contribution in [2.24, 2.45) is 0 Å². The van der Waals surface area contributed by atoms with Crippen molar-refractivity contribution in [3.05, 3.63) is 18.0 Å². The average Bonchev–Trinajstić information content (AvgIpc) is 2.60. The number of carbonyl (C=O) groups is 1. The highest BCUT2D eigenvalue weighted by atomic mass is 16.5. The number of ether oxygens (including phenoxy) is 1. The van der Waals surface area contributed by atoms with Crippen LogP contribution in [0.15, 0.2) is 12.4 Å². The lowest BCUT2D eigenvalue weighted by atomic mass is 10.4. The van der Waals surface area contributed by atoms with Crippen molar-refractivity contribution in [3.8, 4) is 0 Å². The lowest BCUT2D eigenvalue weighted by Crippen LogP contribution is -2.02. The second kappa shape index (κ2) is 6.36. The molecule has 0 fully saturated rings. The van der Waals surface area contributed by atoms with Gasteiger partial charge >= 0.3 is 5.97 Å². The van der Waals surface area contributed by atoms with Crippen molar-refractivity contribution in [3.63, 3.8) is 0 Å². The molecule has 0 amide bonds. The normalized spacial score (nSPS) is 8.25. The highest BCUT2D eigenvalue weighted by Crippen LogP contribution is 1.95. The minimum atomic E-state index is -0.337. The van der Waals surface area contributed by atoms with Crippen LogP contribution in [0.25, 0.3) is 0 Å². The molecule has 1 aromatic heterocycles. The molecular weight excluding hydrogens is 160 g/mol.